The molecule has 7 unspecified atom stereocenters. The van der Waals surface area contributed by atoms with E-state index in [2.05, 4.69) is 67.8 Å². The lowest BCUT2D eigenvalue weighted by Gasteiger charge is -2.40. The van der Waals surface area contributed by atoms with Gasteiger partial charge < -0.3 is 40.3 Å². The predicted octanol–water partition coefficient (Wildman–Crippen LogP) is 23.9. The number of amides is 1. The number of carbonyl (C=O) groups excluding carboxylic acids is 1. The van der Waals surface area contributed by atoms with Crippen LogP contribution < -0.4 is 5.32 Å². The average Bonchev–Trinajstić information content (AvgIpc) is 1.02. The summed E-state index contributed by atoms with van der Waals surface area (Å²) in [5.74, 6) is -0.134. The van der Waals surface area contributed by atoms with Crippen molar-refractivity contribution < 1.29 is 39.8 Å². The molecule has 0 spiro atoms. The number of unbranched alkanes of at least 4 members (excludes halogenated alkanes) is 56. The molecular weight excluding hydrogens is 1150 g/mol. The first-order valence-corrected chi connectivity index (χ1v) is 41.3. The van der Waals surface area contributed by atoms with Crippen LogP contribution in [0.25, 0.3) is 0 Å². The first-order valence-electron chi connectivity index (χ1n) is 41.3. The number of hydrogen-bond donors (Lipinski definition) is 6. The van der Waals surface area contributed by atoms with Crippen molar-refractivity contribution in [3.63, 3.8) is 0 Å². The molecule has 0 aromatic heterocycles. The fourth-order valence-electron chi connectivity index (χ4n) is 13.6. The molecule has 0 saturated carbocycles. The quantitative estimate of drug-likeness (QED) is 0.0261. The normalized spacial score (nSPS) is 17.8. The van der Waals surface area contributed by atoms with Gasteiger partial charge in [-0.05, 0) is 51.4 Å². The monoisotopic (exact) mass is 1310 g/mol. The summed E-state index contributed by atoms with van der Waals surface area (Å²) >= 11 is 0. The fourth-order valence-corrected chi connectivity index (χ4v) is 13.6. The summed E-state index contributed by atoms with van der Waals surface area (Å²) in [4.78, 5) is 13.2. The minimum atomic E-state index is -1.55. The Morgan fingerprint density at radius 3 is 0.989 bits per heavy atom. The Morgan fingerprint density at radius 1 is 0.376 bits per heavy atom. The Labute approximate surface area is 577 Å². The van der Waals surface area contributed by atoms with Crippen LogP contribution in [0.1, 0.15) is 425 Å². The van der Waals surface area contributed by atoms with Crippen molar-refractivity contribution in [2.45, 2.75) is 468 Å². The number of ether oxygens (including phenoxy) is 2. The Morgan fingerprint density at radius 2 is 0.667 bits per heavy atom. The van der Waals surface area contributed by atoms with Gasteiger partial charge in [0.1, 0.15) is 24.4 Å². The highest BCUT2D eigenvalue weighted by Gasteiger charge is 2.44. The Hall–Kier alpha value is -1.85. The number of aliphatic hydroxyl groups is 5. The summed E-state index contributed by atoms with van der Waals surface area (Å²) < 4.78 is 11.4. The largest absolute Gasteiger partial charge is 0.394 e. The van der Waals surface area contributed by atoms with E-state index in [-0.39, 0.29) is 12.5 Å². The van der Waals surface area contributed by atoms with Gasteiger partial charge in [-0.15, -0.1) is 0 Å². The zero-order chi connectivity index (χ0) is 67.1. The van der Waals surface area contributed by atoms with E-state index >= 15 is 0 Å². The molecular formula is C84H159NO8. The molecule has 0 aromatic rings. The summed E-state index contributed by atoms with van der Waals surface area (Å²) in [5.41, 5.74) is 0. The molecule has 1 aliphatic rings. The molecule has 7 atom stereocenters. The second-order valence-corrected chi connectivity index (χ2v) is 28.9. The van der Waals surface area contributed by atoms with Crippen LogP contribution in [0.5, 0.6) is 0 Å². The maximum absolute atomic E-state index is 13.2. The van der Waals surface area contributed by atoms with E-state index in [0.717, 1.165) is 64.2 Å². The van der Waals surface area contributed by atoms with Crippen LogP contribution in [0.15, 0.2) is 48.6 Å². The highest BCUT2D eigenvalue weighted by Crippen LogP contribution is 2.24. The lowest BCUT2D eigenvalue weighted by Crippen LogP contribution is -2.60. The van der Waals surface area contributed by atoms with Crippen molar-refractivity contribution in [1.29, 1.82) is 0 Å². The van der Waals surface area contributed by atoms with Crippen molar-refractivity contribution in [3.05, 3.63) is 48.6 Å². The van der Waals surface area contributed by atoms with Crippen LogP contribution in [-0.4, -0.2) is 87.5 Å². The van der Waals surface area contributed by atoms with E-state index in [0.29, 0.717) is 12.8 Å². The van der Waals surface area contributed by atoms with Gasteiger partial charge in [-0.1, -0.05) is 416 Å². The number of hydrogen-bond acceptors (Lipinski definition) is 8. The Kier molecular flexibility index (Phi) is 69.9. The number of aliphatic hydroxyl groups excluding tert-OH is 5. The third kappa shape index (κ3) is 61.0. The maximum atomic E-state index is 13.2. The van der Waals surface area contributed by atoms with Crippen molar-refractivity contribution in [1.82, 2.24) is 5.32 Å². The van der Waals surface area contributed by atoms with Gasteiger partial charge in [0, 0.05) is 6.42 Å². The summed E-state index contributed by atoms with van der Waals surface area (Å²) in [6, 6.07) is -0.720. The van der Waals surface area contributed by atoms with Gasteiger partial charge >= 0.3 is 0 Å². The van der Waals surface area contributed by atoms with E-state index in [1.807, 2.05) is 0 Å². The molecule has 9 heteroatoms. The van der Waals surface area contributed by atoms with Crippen LogP contribution in [0.4, 0.5) is 0 Å². The molecule has 1 fully saturated rings. The van der Waals surface area contributed by atoms with Gasteiger partial charge in [0.25, 0.3) is 0 Å². The number of nitrogens with one attached hydrogen (secondary N) is 1. The van der Waals surface area contributed by atoms with Gasteiger partial charge in [-0.2, -0.15) is 0 Å². The van der Waals surface area contributed by atoms with Crippen LogP contribution in [-0.2, 0) is 14.3 Å². The van der Waals surface area contributed by atoms with Crippen molar-refractivity contribution >= 4 is 5.91 Å². The lowest BCUT2D eigenvalue weighted by atomic mass is 9.99. The molecule has 9 nitrogen and oxygen atoms in total. The second kappa shape index (κ2) is 72.9. The number of allylic oxidation sites excluding steroid dienone is 8. The number of carbonyl (C=O) groups is 1. The molecule has 1 saturated heterocycles. The van der Waals surface area contributed by atoms with Gasteiger partial charge in [0.05, 0.1) is 25.4 Å². The SMILES string of the molecule is CC/C=C\C/C=C\C/C=C\C/C=C\CCCCCCCCCCCCCCCCCCCCCCCCCCCCC(=O)NC(COC1OC(CO)C(O)C(O)C1O)C(O)CCCCCCCCCCCCCCCCCCCCCCCCCCCCCCCCC. The molecule has 0 aromatic carbocycles. The molecule has 6 N–H and O–H groups in total. The first kappa shape index (κ1) is 89.2. The zero-order valence-electron chi connectivity index (χ0n) is 61.8. The van der Waals surface area contributed by atoms with Gasteiger partial charge in [0.2, 0.25) is 5.91 Å². The van der Waals surface area contributed by atoms with E-state index in [1.165, 1.54) is 334 Å². The summed E-state index contributed by atoms with van der Waals surface area (Å²) in [6.07, 6.45) is 93.8. The Bertz CT molecular complexity index is 1620. The molecule has 1 rings (SSSR count). The van der Waals surface area contributed by atoms with Crippen LogP contribution in [0.2, 0.25) is 0 Å². The van der Waals surface area contributed by atoms with Gasteiger partial charge in [-0.25, -0.2) is 0 Å². The zero-order valence-corrected chi connectivity index (χ0v) is 61.8. The van der Waals surface area contributed by atoms with E-state index in [9.17, 15) is 30.3 Å². The smallest absolute Gasteiger partial charge is 0.220 e. The van der Waals surface area contributed by atoms with Gasteiger partial charge in [0.15, 0.2) is 6.29 Å². The molecule has 0 bridgehead atoms. The van der Waals surface area contributed by atoms with E-state index < -0.39 is 49.5 Å². The van der Waals surface area contributed by atoms with Crippen molar-refractivity contribution in [2.24, 2.45) is 0 Å². The molecule has 0 aliphatic carbocycles. The molecule has 548 valence electrons. The molecule has 0 radical (unpaired) electrons. The van der Waals surface area contributed by atoms with Gasteiger partial charge in [-0.3, -0.25) is 4.79 Å². The standard InChI is InChI=1S/C84H159NO8/c1-3-5-7-9-11-13-15-17-19-21-23-25-27-29-31-33-35-36-37-38-39-40-41-42-44-46-48-50-52-54-56-58-60-62-64-66-68-70-72-74-80(88)85-77(76-92-84-83(91)82(90)81(89)79(75-86)93-84)78(87)73-71-69-67-65-63-61-59-57-55-53-51-49-47-45-43-34-32-30-28-26-24-22-20-18-16-14-12-10-8-6-4-2/h5,7,11,13,17,19,23,25,77-79,81-84,86-87,89-91H,3-4,6,8-10,12,14-16,18,20-22,24,26-76H2,1-2H3,(H,85,88)/b7-5-,13-11-,19-17-,25-23-. The molecule has 1 aliphatic heterocycles. The second-order valence-electron chi connectivity index (χ2n) is 28.9. The van der Waals surface area contributed by atoms with Crippen molar-refractivity contribution in [2.75, 3.05) is 13.2 Å². The third-order valence-electron chi connectivity index (χ3n) is 19.9. The summed E-state index contributed by atoms with van der Waals surface area (Å²) in [5, 5.41) is 55.1. The van der Waals surface area contributed by atoms with E-state index in [1.54, 1.807) is 0 Å². The van der Waals surface area contributed by atoms with Crippen LogP contribution >= 0.6 is 0 Å². The Balaban J connectivity index is 2.02. The minimum absolute atomic E-state index is 0.133. The number of rotatable bonds is 74. The molecule has 1 amide bonds. The minimum Gasteiger partial charge on any atom is -0.394 e. The van der Waals surface area contributed by atoms with Crippen LogP contribution in [0, 0.1) is 0 Å². The van der Waals surface area contributed by atoms with E-state index in [4.69, 9.17) is 9.47 Å². The highest BCUT2D eigenvalue weighted by atomic mass is 16.7. The van der Waals surface area contributed by atoms with Crippen LogP contribution in [0.3, 0.4) is 0 Å². The molecule has 1 heterocycles. The summed E-state index contributed by atoms with van der Waals surface area (Å²) in [6.45, 7) is 3.79. The fraction of sp³-hybridized carbons (Fsp3) is 0.893. The third-order valence-corrected chi connectivity index (χ3v) is 19.9. The lowest BCUT2D eigenvalue weighted by molar-refractivity contribution is -0.302. The topological polar surface area (TPSA) is 149 Å². The molecule has 93 heavy (non-hydrogen) atoms. The average molecular weight is 1310 g/mol. The van der Waals surface area contributed by atoms with Crippen molar-refractivity contribution in [3.8, 4) is 0 Å². The summed E-state index contributed by atoms with van der Waals surface area (Å²) in [7, 11) is 0. The maximum Gasteiger partial charge on any atom is 0.220 e. The highest BCUT2D eigenvalue weighted by molar-refractivity contribution is 5.76. The predicted molar refractivity (Wildman–Crippen MR) is 401 cm³/mol. The first-order chi connectivity index (χ1) is 45.8.